The highest BCUT2D eigenvalue weighted by molar-refractivity contribution is 5.84. The van der Waals surface area contributed by atoms with Gasteiger partial charge in [-0.1, -0.05) is 6.07 Å². The van der Waals surface area contributed by atoms with Crippen molar-refractivity contribution in [3.8, 4) is 12.1 Å². The second-order valence-electron chi connectivity index (χ2n) is 6.83. The molecule has 3 aromatic rings. The van der Waals surface area contributed by atoms with Gasteiger partial charge in [0.25, 0.3) is 6.43 Å². The first-order valence-electron chi connectivity index (χ1n) is 8.98. The molecule has 1 aliphatic rings. The van der Waals surface area contributed by atoms with Crippen LogP contribution in [-0.4, -0.2) is 16.6 Å². The maximum atomic E-state index is 13.8. The maximum Gasteiger partial charge on any atom is 0.279 e. The Labute approximate surface area is 169 Å². The number of aromatic nitrogens is 2. The zero-order chi connectivity index (χ0) is 21.4. The van der Waals surface area contributed by atoms with Gasteiger partial charge >= 0.3 is 0 Å². The predicted molar refractivity (Wildman–Crippen MR) is 104 cm³/mol. The van der Waals surface area contributed by atoms with Crippen molar-refractivity contribution in [2.75, 3.05) is 0 Å². The van der Waals surface area contributed by atoms with Gasteiger partial charge in [0.05, 0.1) is 46.1 Å². The van der Waals surface area contributed by atoms with Crippen LogP contribution in [0.2, 0.25) is 0 Å². The summed E-state index contributed by atoms with van der Waals surface area (Å²) in [6.45, 7) is 1.82. The first-order valence-corrected chi connectivity index (χ1v) is 8.98. The quantitative estimate of drug-likeness (QED) is 0.663. The Balaban J connectivity index is 1.99. The van der Waals surface area contributed by atoms with Crippen LogP contribution in [0.3, 0.4) is 0 Å². The molecule has 1 aromatic heterocycles. The van der Waals surface area contributed by atoms with Gasteiger partial charge in [0.15, 0.2) is 0 Å². The summed E-state index contributed by atoms with van der Waals surface area (Å²) in [6, 6.07) is 14.2. The van der Waals surface area contributed by atoms with Crippen LogP contribution in [0.25, 0.3) is 16.6 Å². The van der Waals surface area contributed by atoms with Crippen molar-refractivity contribution in [3.63, 3.8) is 0 Å². The minimum Gasteiger partial charge on any atom is -0.352 e. The standard InChI is InChI=1S/C22H14F3N5/c1-11-15-8-13(4-7-18(15)30-29-11)19-16(9-26)20(12-2-5-14(23)6-3-12)28-21(22(24)25)17(19)10-27/h2-8,19,22,28H,1H3,(H,29,30)/t19-/m0/s1. The van der Waals surface area contributed by atoms with Crippen molar-refractivity contribution in [1.82, 2.24) is 15.5 Å². The van der Waals surface area contributed by atoms with Crippen molar-refractivity contribution in [1.29, 1.82) is 10.5 Å². The van der Waals surface area contributed by atoms with Crippen molar-refractivity contribution in [2.24, 2.45) is 0 Å². The molecule has 0 fully saturated rings. The second kappa shape index (κ2) is 7.41. The van der Waals surface area contributed by atoms with Crippen LogP contribution < -0.4 is 5.32 Å². The topological polar surface area (TPSA) is 88.3 Å². The highest BCUT2D eigenvalue weighted by Gasteiger charge is 2.35. The van der Waals surface area contributed by atoms with Gasteiger partial charge in [-0.25, -0.2) is 13.2 Å². The molecular formula is C22H14F3N5. The van der Waals surface area contributed by atoms with Crippen molar-refractivity contribution in [3.05, 3.63) is 81.9 Å². The molecule has 4 rings (SSSR count). The molecule has 8 heteroatoms. The summed E-state index contributed by atoms with van der Waals surface area (Å²) < 4.78 is 41.1. The molecule has 0 aliphatic carbocycles. The molecule has 0 amide bonds. The normalized spacial score (nSPS) is 16.6. The highest BCUT2D eigenvalue weighted by Crippen LogP contribution is 2.42. The molecule has 5 nitrogen and oxygen atoms in total. The Morgan fingerprint density at radius 3 is 2.37 bits per heavy atom. The van der Waals surface area contributed by atoms with Gasteiger partial charge in [-0.3, -0.25) is 5.10 Å². The number of rotatable bonds is 3. The molecule has 30 heavy (non-hydrogen) atoms. The third-order valence-corrected chi connectivity index (χ3v) is 5.09. The number of nitrogens with one attached hydrogen (secondary N) is 2. The smallest absolute Gasteiger partial charge is 0.279 e. The fourth-order valence-electron chi connectivity index (χ4n) is 3.64. The Bertz CT molecular complexity index is 1290. The zero-order valence-corrected chi connectivity index (χ0v) is 15.7. The van der Waals surface area contributed by atoms with E-state index in [1.54, 1.807) is 18.2 Å². The largest absolute Gasteiger partial charge is 0.352 e. The summed E-state index contributed by atoms with van der Waals surface area (Å²) in [5.41, 5.74) is 1.77. The Kier molecular flexibility index (Phi) is 4.77. The molecular weight excluding hydrogens is 391 g/mol. The number of hydrogen-bond donors (Lipinski definition) is 2. The molecule has 2 aromatic carbocycles. The van der Waals surface area contributed by atoms with Crippen LogP contribution in [0.4, 0.5) is 13.2 Å². The third-order valence-electron chi connectivity index (χ3n) is 5.09. The first kappa shape index (κ1) is 19.3. The minimum atomic E-state index is -2.96. The number of nitrogens with zero attached hydrogens (tertiary/aromatic N) is 3. The van der Waals surface area contributed by atoms with Crippen LogP contribution in [0, 0.1) is 35.4 Å². The highest BCUT2D eigenvalue weighted by atomic mass is 19.3. The number of nitriles is 2. The number of dihydropyridines is 1. The molecule has 0 saturated carbocycles. The number of hydrogen-bond acceptors (Lipinski definition) is 4. The zero-order valence-electron chi connectivity index (χ0n) is 15.7. The molecule has 0 saturated heterocycles. The lowest BCUT2D eigenvalue weighted by Gasteiger charge is -2.29. The molecule has 1 aliphatic heterocycles. The lowest BCUT2D eigenvalue weighted by atomic mass is 9.80. The number of H-pyrrole nitrogens is 1. The first-order chi connectivity index (χ1) is 14.4. The van der Waals surface area contributed by atoms with Gasteiger partial charge in [-0.2, -0.15) is 15.6 Å². The average Bonchev–Trinajstić information content (AvgIpc) is 3.12. The van der Waals surface area contributed by atoms with Crippen molar-refractivity contribution < 1.29 is 13.2 Å². The average molecular weight is 405 g/mol. The van der Waals surface area contributed by atoms with Gasteiger partial charge in [0.1, 0.15) is 5.82 Å². The number of benzene rings is 2. The minimum absolute atomic E-state index is 0.100. The second-order valence-corrected chi connectivity index (χ2v) is 6.83. The fraction of sp³-hybridized carbons (Fsp3) is 0.136. The van der Waals surface area contributed by atoms with Gasteiger partial charge in [0, 0.05) is 11.1 Å². The molecule has 0 radical (unpaired) electrons. The van der Waals surface area contributed by atoms with E-state index in [1.807, 2.05) is 13.0 Å². The maximum absolute atomic E-state index is 13.8. The Morgan fingerprint density at radius 2 is 1.73 bits per heavy atom. The summed E-state index contributed by atoms with van der Waals surface area (Å²) in [5, 5.41) is 29.9. The van der Waals surface area contributed by atoms with Crippen molar-refractivity contribution in [2.45, 2.75) is 19.3 Å². The molecule has 2 heterocycles. The van der Waals surface area contributed by atoms with E-state index in [1.165, 1.54) is 24.3 Å². The molecule has 0 bridgehead atoms. The number of allylic oxidation sites excluding steroid dienone is 3. The lowest BCUT2D eigenvalue weighted by Crippen LogP contribution is -2.29. The molecule has 0 unspecified atom stereocenters. The van der Waals surface area contributed by atoms with E-state index in [-0.39, 0.29) is 16.8 Å². The van der Waals surface area contributed by atoms with Gasteiger partial charge in [-0.15, -0.1) is 0 Å². The van der Waals surface area contributed by atoms with Gasteiger partial charge < -0.3 is 5.32 Å². The summed E-state index contributed by atoms with van der Waals surface area (Å²) >= 11 is 0. The molecule has 2 N–H and O–H groups in total. The number of halogens is 3. The summed E-state index contributed by atoms with van der Waals surface area (Å²) in [5.74, 6) is -1.49. The third kappa shape index (κ3) is 3.09. The van der Waals surface area contributed by atoms with Gasteiger partial charge in [-0.05, 0) is 54.4 Å². The van der Waals surface area contributed by atoms with Crippen LogP contribution in [0.5, 0.6) is 0 Å². The monoisotopic (exact) mass is 405 g/mol. The van der Waals surface area contributed by atoms with E-state index in [9.17, 15) is 23.7 Å². The van der Waals surface area contributed by atoms with E-state index in [4.69, 9.17) is 0 Å². The number of alkyl halides is 2. The summed E-state index contributed by atoms with van der Waals surface area (Å²) in [7, 11) is 0. The number of aromatic amines is 1. The molecule has 1 atom stereocenters. The van der Waals surface area contributed by atoms with E-state index >= 15 is 0 Å². The number of aryl methyl sites for hydroxylation is 1. The molecule has 0 spiro atoms. The van der Waals surface area contributed by atoms with E-state index in [0.717, 1.165) is 11.1 Å². The van der Waals surface area contributed by atoms with E-state index in [0.29, 0.717) is 16.6 Å². The van der Waals surface area contributed by atoms with E-state index in [2.05, 4.69) is 21.6 Å². The van der Waals surface area contributed by atoms with E-state index < -0.39 is 23.9 Å². The number of fused-ring (bicyclic) bond motifs is 1. The fourth-order valence-corrected chi connectivity index (χ4v) is 3.64. The van der Waals surface area contributed by atoms with Crippen LogP contribution in [-0.2, 0) is 0 Å². The van der Waals surface area contributed by atoms with Crippen LogP contribution >= 0.6 is 0 Å². The summed E-state index contributed by atoms with van der Waals surface area (Å²) in [4.78, 5) is 0. The van der Waals surface area contributed by atoms with Gasteiger partial charge in [0.2, 0.25) is 0 Å². The molecule has 148 valence electrons. The Hall–Kier alpha value is -4.04. The lowest BCUT2D eigenvalue weighted by molar-refractivity contribution is 0.181. The van der Waals surface area contributed by atoms with Crippen LogP contribution in [0.1, 0.15) is 22.7 Å². The van der Waals surface area contributed by atoms with Crippen molar-refractivity contribution >= 4 is 16.6 Å². The Morgan fingerprint density at radius 1 is 1.03 bits per heavy atom. The van der Waals surface area contributed by atoms with Crippen LogP contribution in [0.15, 0.2) is 59.3 Å². The SMILES string of the molecule is Cc1[nH]nc2ccc([C@H]3C(C#N)=C(c4ccc(F)cc4)NC(C(F)F)=C3C#N)cc12. The summed E-state index contributed by atoms with van der Waals surface area (Å²) in [6.07, 6.45) is -2.96. The predicted octanol–water partition coefficient (Wildman–Crippen LogP) is 4.67.